The molecule has 0 spiro atoms. The van der Waals surface area contributed by atoms with Gasteiger partial charge in [0.05, 0.1) is 33.8 Å². The molecule has 3 aromatic rings. The smallest absolute Gasteiger partial charge is 0.363 e. The van der Waals surface area contributed by atoms with Crippen molar-refractivity contribution < 1.29 is 19.4 Å². The summed E-state index contributed by atoms with van der Waals surface area (Å²) in [7, 11) is 5.44. The highest BCUT2D eigenvalue weighted by Crippen LogP contribution is 2.43. The molecule has 1 aromatic heterocycles. The van der Waals surface area contributed by atoms with Crippen molar-refractivity contribution in [1.82, 2.24) is 14.9 Å². The average Bonchev–Trinajstić information content (AvgIpc) is 2.81. The lowest BCUT2D eigenvalue weighted by Crippen LogP contribution is -2.47. The Labute approximate surface area is 212 Å². The number of aromatic nitrogens is 2. The van der Waals surface area contributed by atoms with Gasteiger partial charge in [0.1, 0.15) is 11.9 Å². The second-order valence-corrected chi connectivity index (χ2v) is 9.93. The van der Waals surface area contributed by atoms with Crippen LogP contribution in [0, 0.1) is 5.92 Å². The van der Waals surface area contributed by atoms with Crippen LogP contribution in [0.5, 0.6) is 5.75 Å². The lowest BCUT2D eigenvalue weighted by atomic mass is 9.70. The van der Waals surface area contributed by atoms with E-state index in [2.05, 4.69) is 9.97 Å². The van der Waals surface area contributed by atoms with E-state index in [-0.39, 0.29) is 21.7 Å². The first kappa shape index (κ1) is 25.4. The molecular weight excluding hydrogens is 493 g/mol. The number of ether oxygens (including phenoxy) is 2. The zero-order valence-corrected chi connectivity index (χ0v) is 21.2. The maximum atomic E-state index is 12.9. The van der Waals surface area contributed by atoms with Gasteiger partial charge in [0.15, 0.2) is 0 Å². The number of benzene rings is 2. The SMILES string of the molecule is COc1cccc(C2(O)CCC(OC(=O)c3nc4cc(Cl)c(Cl)cc4[nH]c3=O)CC2CN(C)C)c1. The summed E-state index contributed by atoms with van der Waals surface area (Å²) < 4.78 is 11.1. The standard InChI is InChI=1S/C25H27Cl2N3O5/c1-30(2)13-15-10-17(7-8-25(15,33)14-5-4-6-16(9-14)34-3)35-24(32)22-23(31)29-21-12-19(27)18(26)11-20(21)28-22/h4-6,9,11-12,15,17,33H,7-8,10,13H2,1-3H3,(H,29,31). The number of carbonyl (C=O) groups excluding carboxylic acids is 1. The second kappa shape index (κ2) is 10.1. The van der Waals surface area contributed by atoms with E-state index in [1.54, 1.807) is 7.11 Å². The number of fused-ring (bicyclic) bond motifs is 1. The van der Waals surface area contributed by atoms with Crippen LogP contribution >= 0.6 is 23.2 Å². The minimum atomic E-state index is -1.11. The summed E-state index contributed by atoms with van der Waals surface area (Å²) in [5.74, 6) is -0.379. The molecule has 2 aromatic carbocycles. The van der Waals surface area contributed by atoms with Gasteiger partial charge in [-0.05, 0) is 63.2 Å². The first-order chi connectivity index (χ1) is 16.6. The molecule has 2 N–H and O–H groups in total. The number of hydrogen-bond donors (Lipinski definition) is 2. The largest absolute Gasteiger partial charge is 0.497 e. The molecule has 3 atom stereocenters. The fraction of sp³-hybridized carbons (Fsp3) is 0.400. The molecule has 1 heterocycles. The van der Waals surface area contributed by atoms with Crippen LogP contribution in [0.25, 0.3) is 11.0 Å². The number of aromatic amines is 1. The molecule has 0 radical (unpaired) electrons. The van der Waals surface area contributed by atoms with Gasteiger partial charge in [0.2, 0.25) is 5.69 Å². The van der Waals surface area contributed by atoms with Gasteiger partial charge in [-0.25, -0.2) is 9.78 Å². The van der Waals surface area contributed by atoms with Gasteiger partial charge in [0, 0.05) is 12.5 Å². The molecule has 35 heavy (non-hydrogen) atoms. The van der Waals surface area contributed by atoms with Gasteiger partial charge >= 0.3 is 5.97 Å². The molecule has 0 aliphatic heterocycles. The van der Waals surface area contributed by atoms with Crippen molar-refractivity contribution in [3.63, 3.8) is 0 Å². The summed E-state index contributed by atoms with van der Waals surface area (Å²) in [6.07, 6.45) is 0.747. The molecule has 10 heteroatoms. The summed E-state index contributed by atoms with van der Waals surface area (Å²) in [5.41, 5.74) is -0.684. The number of aliphatic hydroxyl groups is 1. The molecule has 8 nitrogen and oxygen atoms in total. The second-order valence-electron chi connectivity index (χ2n) is 9.12. The van der Waals surface area contributed by atoms with E-state index in [4.69, 9.17) is 32.7 Å². The molecule has 3 unspecified atom stereocenters. The topological polar surface area (TPSA) is 105 Å². The van der Waals surface area contributed by atoms with E-state index >= 15 is 0 Å². The van der Waals surface area contributed by atoms with Crippen LogP contribution in [0.3, 0.4) is 0 Å². The van der Waals surface area contributed by atoms with Crippen molar-refractivity contribution in [3.8, 4) is 5.75 Å². The number of H-pyrrole nitrogens is 1. The average molecular weight is 520 g/mol. The molecule has 186 valence electrons. The van der Waals surface area contributed by atoms with E-state index < -0.39 is 23.2 Å². The van der Waals surface area contributed by atoms with Crippen LogP contribution in [0.15, 0.2) is 41.2 Å². The summed E-state index contributed by atoms with van der Waals surface area (Å²) in [6.45, 7) is 0.579. The highest BCUT2D eigenvalue weighted by Gasteiger charge is 2.45. The molecule has 0 bridgehead atoms. The fourth-order valence-electron chi connectivity index (χ4n) is 4.69. The van der Waals surface area contributed by atoms with Crippen LogP contribution in [0.4, 0.5) is 0 Å². The number of esters is 1. The number of halogens is 2. The first-order valence-electron chi connectivity index (χ1n) is 11.2. The van der Waals surface area contributed by atoms with E-state index in [9.17, 15) is 14.7 Å². The van der Waals surface area contributed by atoms with Crippen LogP contribution in [-0.4, -0.2) is 59.8 Å². The van der Waals surface area contributed by atoms with Crippen molar-refractivity contribution >= 4 is 40.2 Å². The molecule has 4 rings (SSSR count). The Bertz CT molecular complexity index is 1310. The maximum Gasteiger partial charge on any atom is 0.363 e. The summed E-state index contributed by atoms with van der Waals surface area (Å²) in [4.78, 5) is 34.2. The van der Waals surface area contributed by atoms with Gasteiger partial charge in [-0.15, -0.1) is 0 Å². The molecule has 1 fully saturated rings. The zero-order chi connectivity index (χ0) is 25.3. The number of rotatable bonds is 6. The lowest BCUT2D eigenvalue weighted by molar-refractivity contribution is -0.0961. The summed E-state index contributed by atoms with van der Waals surface area (Å²) in [5, 5.41) is 12.3. The molecular formula is C25H27Cl2N3O5. The Morgan fingerprint density at radius 3 is 2.71 bits per heavy atom. The predicted octanol–water partition coefficient (Wildman–Crippen LogP) is 4.01. The zero-order valence-electron chi connectivity index (χ0n) is 19.7. The minimum Gasteiger partial charge on any atom is -0.497 e. The van der Waals surface area contributed by atoms with E-state index in [1.807, 2.05) is 43.3 Å². The molecule has 1 aliphatic carbocycles. The maximum absolute atomic E-state index is 12.9. The first-order valence-corrected chi connectivity index (χ1v) is 12.0. The number of hydrogen-bond acceptors (Lipinski definition) is 7. The highest BCUT2D eigenvalue weighted by atomic mass is 35.5. The van der Waals surface area contributed by atoms with Crippen molar-refractivity contribution in [2.24, 2.45) is 5.92 Å². The number of methoxy groups -OCH3 is 1. The predicted molar refractivity (Wildman–Crippen MR) is 134 cm³/mol. The normalized spacial score (nSPS) is 22.4. The third-order valence-electron chi connectivity index (χ3n) is 6.43. The van der Waals surface area contributed by atoms with Crippen LogP contribution in [0.1, 0.15) is 35.3 Å². The van der Waals surface area contributed by atoms with Gasteiger partial charge in [-0.3, -0.25) is 4.79 Å². The van der Waals surface area contributed by atoms with E-state index in [0.717, 1.165) is 5.56 Å². The fourth-order valence-corrected chi connectivity index (χ4v) is 5.01. The molecule has 1 saturated carbocycles. The Balaban J connectivity index is 1.57. The molecule has 0 amide bonds. The van der Waals surface area contributed by atoms with E-state index in [0.29, 0.717) is 42.6 Å². The van der Waals surface area contributed by atoms with Crippen molar-refractivity contribution in [3.05, 3.63) is 68.1 Å². The molecule has 1 aliphatic rings. The van der Waals surface area contributed by atoms with Crippen LogP contribution < -0.4 is 10.3 Å². The van der Waals surface area contributed by atoms with Crippen LogP contribution in [0.2, 0.25) is 10.0 Å². The Kier molecular flexibility index (Phi) is 7.38. The van der Waals surface area contributed by atoms with Gasteiger partial charge in [-0.1, -0.05) is 35.3 Å². The summed E-state index contributed by atoms with van der Waals surface area (Å²) in [6, 6.07) is 10.4. The Morgan fingerprint density at radius 1 is 1.26 bits per heavy atom. The van der Waals surface area contributed by atoms with Crippen LogP contribution in [-0.2, 0) is 10.3 Å². The van der Waals surface area contributed by atoms with E-state index in [1.165, 1.54) is 12.1 Å². The third kappa shape index (κ3) is 5.30. The Hall–Kier alpha value is -2.65. The van der Waals surface area contributed by atoms with Gasteiger partial charge in [-0.2, -0.15) is 0 Å². The summed E-state index contributed by atoms with van der Waals surface area (Å²) >= 11 is 12.1. The number of nitrogens with zero attached hydrogens (tertiary/aromatic N) is 2. The Morgan fingerprint density at radius 2 is 2.00 bits per heavy atom. The van der Waals surface area contributed by atoms with Crippen molar-refractivity contribution in [2.45, 2.75) is 31.0 Å². The quantitative estimate of drug-likeness (QED) is 0.474. The van der Waals surface area contributed by atoms with Gasteiger partial charge in [0.25, 0.3) is 5.56 Å². The van der Waals surface area contributed by atoms with Crippen molar-refractivity contribution in [1.29, 1.82) is 0 Å². The van der Waals surface area contributed by atoms with Crippen molar-refractivity contribution in [2.75, 3.05) is 27.7 Å². The monoisotopic (exact) mass is 519 g/mol. The molecule has 0 saturated heterocycles. The lowest BCUT2D eigenvalue weighted by Gasteiger charge is -2.44. The number of nitrogens with one attached hydrogen (secondary N) is 1. The minimum absolute atomic E-state index is 0.222. The third-order valence-corrected chi connectivity index (χ3v) is 7.15. The highest BCUT2D eigenvalue weighted by molar-refractivity contribution is 6.42. The number of carbonyl (C=O) groups is 1. The van der Waals surface area contributed by atoms with Gasteiger partial charge < -0.3 is 24.5 Å².